The number of hydrogen-bond donors (Lipinski definition) is 2. The van der Waals surface area contributed by atoms with Crippen LogP contribution in [0.15, 0.2) is 36.4 Å². The Morgan fingerprint density at radius 2 is 1.90 bits per heavy atom. The first kappa shape index (κ1) is 13.4. The van der Waals surface area contributed by atoms with Crippen molar-refractivity contribution in [2.45, 2.75) is 6.92 Å². The third-order valence-corrected chi connectivity index (χ3v) is 3.72. The van der Waals surface area contributed by atoms with Crippen molar-refractivity contribution in [3.05, 3.63) is 47.5 Å². The molecule has 0 saturated carbocycles. The molecule has 1 aliphatic rings. The predicted octanol–water partition coefficient (Wildman–Crippen LogP) is 3.43. The van der Waals surface area contributed by atoms with Crippen molar-refractivity contribution in [1.29, 1.82) is 0 Å². The Bertz CT molecular complexity index is 732. The molecule has 0 atom stereocenters. The molecule has 21 heavy (non-hydrogen) atoms. The van der Waals surface area contributed by atoms with Gasteiger partial charge in [-0.15, -0.1) is 0 Å². The summed E-state index contributed by atoms with van der Waals surface area (Å²) in [5.41, 5.74) is 3.85. The van der Waals surface area contributed by atoms with Crippen LogP contribution in [0.25, 0.3) is 11.1 Å². The van der Waals surface area contributed by atoms with E-state index >= 15 is 0 Å². The van der Waals surface area contributed by atoms with Gasteiger partial charge >= 0.3 is 0 Å². The molecule has 0 amide bonds. The maximum Gasteiger partial charge on any atom is 0.161 e. The van der Waals surface area contributed by atoms with Crippen molar-refractivity contribution in [2.75, 3.05) is 13.7 Å². The minimum Gasteiger partial charge on any atom is -0.508 e. The van der Waals surface area contributed by atoms with Gasteiger partial charge in [0.2, 0.25) is 0 Å². The summed E-state index contributed by atoms with van der Waals surface area (Å²) in [7, 11) is 1.52. The van der Waals surface area contributed by atoms with Gasteiger partial charge in [-0.1, -0.05) is 6.07 Å². The molecule has 108 valence electrons. The molecule has 0 fully saturated rings. The van der Waals surface area contributed by atoms with Crippen molar-refractivity contribution < 1.29 is 19.7 Å². The average molecular weight is 284 g/mol. The quantitative estimate of drug-likeness (QED) is 0.887. The van der Waals surface area contributed by atoms with E-state index in [1.54, 1.807) is 30.3 Å². The van der Waals surface area contributed by atoms with Crippen LogP contribution < -0.4 is 9.47 Å². The number of methoxy groups -OCH3 is 1. The van der Waals surface area contributed by atoms with Crippen LogP contribution in [0.2, 0.25) is 0 Å². The van der Waals surface area contributed by atoms with Gasteiger partial charge in [-0.3, -0.25) is 0 Å². The Labute approximate surface area is 122 Å². The van der Waals surface area contributed by atoms with E-state index in [0.29, 0.717) is 12.4 Å². The minimum atomic E-state index is 0.106. The maximum absolute atomic E-state index is 9.69. The first-order chi connectivity index (χ1) is 10.1. The van der Waals surface area contributed by atoms with E-state index in [0.717, 1.165) is 28.0 Å². The Morgan fingerprint density at radius 1 is 1.10 bits per heavy atom. The highest BCUT2D eigenvalue weighted by Crippen LogP contribution is 2.40. The number of rotatable bonds is 2. The Kier molecular flexibility index (Phi) is 3.22. The van der Waals surface area contributed by atoms with Crippen LogP contribution in [0.3, 0.4) is 0 Å². The SMILES string of the molecule is COc1cc(C2=C(C)c3cc(O)ccc3OC2)ccc1O. The molecule has 0 aromatic heterocycles. The number of ether oxygens (including phenoxy) is 2. The third kappa shape index (κ3) is 2.29. The summed E-state index contributed by atoms with van der Waals surface area (Å²) >= 11 is 0. The molecule has 1 heterocycles. The summed E-state index contributed by atoms with van der Waals surface area (Å²) in [6.07, 6.45) is 0. The number of benzene rings is 2. The fraction of sp³-hybridized carbons (Fsp3) is 0.176. The monoisotopic (exact) mass is 284 g/mol. The number of fused-ring (bicyclic) bond motifs is 1. The second kappa shape index (κ2) is 5.05. The van der Waals surface area contributed by atoms with E-state index in [1.807, 2.05) is 13.0 Å². The number of hydrogen-bond acceptors (Lipinski definition) is 4. The van der Waals surface area contributed by atoms with Gasteiger partial charge in [0.25, 0.3) is 0 Å². The molecule has 2 aromatic carbocycles. The molecule has 4 nitrogen and oxygen atoms in total. The van der Waals surface area contributed by atoms with Crippen LogP contribution in [0.4, 0.5) is 0 Å². The molecule has 1 aliphatic heterocycles. The summed E-state index contributed by atoms with van der Waals surface area (Å²) in [5, 5.41) is 19.3. The first-order valence-electron chi connectivity index (χ1n) is 6.63. The van der Waals surface area contributed by atoms with Crippen LogP contribution in [0.1, 0.15) is 18.1 Å². The molecular weight excluding hydrogens is 268 g/mol. The zero-order valence-corrected chi connectivity index (χ0v) is 11.9. The van der Waals surface area contributed by atoms with E-state index in [9.17, 15) is 10.2 Å². The molecule has 0 saturated heterocycles. The normalized spacial score (nSPS) is 13.6. The molecule has 0 spiro atoms. The van der Waals surface area contributed by atoms with Gasteiger partial charge in [0.05, 0.1) is 7.11 Å². The second-order valence-electron chi connectivity index (χ2n) is 4.96. The van der Waals surface area contributed by atoms with Crippen molar-refractivity contribution in [2.24, 2.45) is 0 Å². The molecule has 0 aliphatic carbocycles. The number of phenols is 2. The largest absolute Gasteiger partial charge is 0.508 e. The van der Waals surface area contributed by atoms with Crippen LogP contribution in [0.5, 0.6) is 23.0 Å². The predicted molar refractivity (Wildman–Crippen MR) is 80.7 cm³/mol. The van der Waals surface area contributed by atoms with E-state index in [-0.39, 0.29) is 11.5 Å². The summed E-state index contributed by atoms with van der Waals surface area (Å²) in [6, 6.07) is 10.3. The van der Waals surface area contributed by atoms with Gasteiger partial charge in [0.15, 0.2) is 11.5 Å². The topological polar surface area (TPSA) is 58.9 Å². The molecule has 2 N–H and O–H groups in total. The molecule has 2 aromatic rings. The van der Waals surface area contributed by atoms with Gasteiger partial charge < -0.3 is 19.7 Å². The molecule has 0 unspecified atom stereocenters. The summed E-state index contributed by atoms with van der Waals surface area (Å²) < 4.78 is 10.9. The Balaban J connectivity index is 2.12. The van der Waals surface area contributed by atoms with E-state index < -0.39 is 0 Å². The average Bonchev–Trinajstić information content (AvgIpc) is 2.49. The Hall–Kier alpha value is -2.62. The third-order valence-electron chi connectivity index (χ3n) is 3.72. The fourth-order valence-electron chi connectivity index (χ4n) is 2.52. The number of allylic oxidation sites excluding steroid dienone is 1. The minimum absolute atomic E-state index is 0.106. The van der Waals surface area contributed by atoms with Gasteiger partial charge in [-0.05, 0) is 48.4 Å². The zero-order chi connectivity index (χ0) is 15.0. The summed E-state index contributed by atoms with van der Waals surface area (Å²) in [4.78, 5) is 0. The highest BCUT2D eigenvalue weighted by molar-refractivity contribution is 5.94. The molecule has 4 heteroatoms. The Morgan fingerprint density at radius 3 is 2.67 bits per heavy atom. The maximum atomic E-state index is 9.69. The fourth-order valence-corrected chi connectivity index (χ4v) is 2.52. The second-order valence-corrected chi connectivity index (χ2v) is 4.96. The molecule has 0 bridgehead atoms. The van der Waals surface area contributed by atoms with Crippen molar-refractivity contribution in [3.8, 4) is 23.0 Å². The van der Waals surface area contributed by atoms with Gasteiger partial charge in [-0.2, -0.15) is 0 Å². The standard InChI is InChI=1S/C17H16O4/c1-10-13-8-12(18)4-6-16(13)21-9-14(10)11-3-5-15(19)17(7-11)20-2/h3-8,18-19H,9H2,1-2H3. The van der Waals surface area contributed by atoms with Crippen molar-refractivity contribution >= 4 is 11.1 Å². The summed E-state index contributed by atoms with van der Waals surface area (Å²) in [5.74, 6) is 1.50. The van der Waals surface area contributed by atoms with E-state index in [2.05, 4.69) is 0 Å². The smallest absolute Gasteiger partial charge is 0.161 e. The van der Waals surface area contributed by atoms with Gasteiger partial charge in [0.1, 0.15) is 18.1 Å². The lowest BCUT2D eigenvalue weighted by Crippen LogP contribution is -2.09. The zero-order valence-electron chi connectivity index (χ0n) is 11.9. The van der Waals surface area contributed by atoms with Crippen LogP contribution in [-0.2, 0) is 0 Å². The lowest BCUT2D eigenvalue weighted by Gasteiger charge is -2.23. The van der Waals surface area contributed by atoms with Crippen LogP contribution >= 0.6 is 0 Å². The van der Waals surface area contributed by atoms with Crippen molar-refractivity contribution in [1.82, 2.24) is 0 Å². The lowest BCUT2D eigenvalue weighted by atomic mass is 9.93. The number of aromatic hydroxyl groups is 2. The first-order valence-corrected chi connectivity index (χ1v) is 6.63. The van der Waals surface area contributed by atoms with Gasteiger partial charge in [-0.25, -0.2) is 0 Å². The number of phenolic OH excluding ortho intramolecular Hbond substituents is 2. The summed E-state index contributed by atoms with van der Waals surface area (Å²) in [6.45, 7) is 2.44. The van der Waals surface area contributed by atoms with Crippen LogP contribution in [0, 0.1) is 0 Å². The highest BCUT2D eigenvalue weighted by atomic mass is 16.5. The molecule has 3 rings (SSSR count). The van der Waals surface area contributed by atoms with Crippen LogP contribution in [-0.4, -0.2) is 23.9 Å². The lowest BCUT2D eigenvalue weighted by molar-refractivity contribution is 0.362. The molecular formula is C17H16O4. The van der Waals surface area contributed by atoms with Crippen molar-refractivity contribution in [3.63, 3.8) is 0 Å². The van der Waals surface area contributed by atoms with E-state index in [1.165, 1.54) is 7.11 Å². The molecule has 0 radical (unpaired) electrons. The van der Waals surface area contributed by atoms with Gasteiger partial charge in [0, 0.05) is 11.1 Å². The highest BCUT2D eigenvalue weighted by Gasteiger charge is 2.19. The van der Waals surface area contributed by atoms with E-state index in [4.69, 9.17) is 9.47 Å².